The quantitative estimate of drug-likeness (QED) is 0.651. The number of ketones is 1. The number of allylic oxidation sites excluding steroid dienone is 1. The van der Waals surface area contributed by atoms with Crippen molar-refractivity contribution in [3.05, 3.63) is 51.9 Å². The summed E-state index contributed by atoms with van der Waals surface area (Å²) in [4.78, 5) is 25.0. The van der Waals surface area contributed by atoms with Gasteiger partial charge in [0.25, 0.3) is 0 Å². The van der Waals surface area contributed by atoms with Crippen molar-refractivity contribution in [3.8, 4) is 0 Å². The first kappa shape index (κ1) is 19.3. The van der Waals surface area contributed by atoms with Crippen LogP contribution in [0.15, 0.2) is 40.8 Å². The van der Waals surface area contributed by atoms with E-state index in [4.69, 9.17) is 4.74 Å². The molecule has 8 heteroatoms. The van der Waals surface area contributed by atoms with Crippen molar-refractivity contribution in [1.82, 2.24) is 5.32 Å². The van der Waals surface area contributed by atoms with Crippen LogP contribution in [0.1, 0.15) is 11.1 Å². The van der Waals surface area contributed by atoms with Gasteiger partial charge in [-0.1, -0.05) is 12.1 Å². The van der Waals surface area contributed by atoms with Crippen molar-refractivity contribution in [2.24, 2.45) is 0 Å². The van der Waals surface area contributed by atoms with Crippen molar-refractivity contribution in [2.75, 3.05) is 20.4 Å². The second-order valence-corrected chi connectivity index (χ2v) is 5.93. The normalized spacial score (nSPS) is 19.7. The van der Waals surface area contributed by atoms with Gasteiger partial charge in [-0.2, -0.15) is 13.2 Å². The van der Waals surface area contributed by atoms with E-state index in [1.807, 2.05) is 0 Å². The molecular formula is C17H16F3NO3S. The van der Waals surface area contributed by atoms with Crippen LogP contribution in [0.2, 0.25) is 0 Å². The van der Waals surface area contributed by atoms with Gasteiger partial charge in [0.1, 0.15) is 0 Å². The van der Waals surface area contributed by atoms with E-state index in [-0.39, 0.29) is 16.7 Å². The highest BCUT2D eigenvalue weighted by molar-refractivity contribution is 8.01. The van der Waals surface area contributed by atoms with E-state index in [2.05, 4.69) is 5.32 Å². The van der Waals surface area contributed by atoms with Gasteiger partial charge in [-0.05, 0) is 36.4 Å². The van der Waals surface area contributed by atoms with Gasteiger partial charge in [-0.15, -0.1) is 11.8 Å². The van der Waals surface area contributed by atoms with Crippen LogP contribution in [0.5, 0.6) is 0 Å². The Kier molecular flexibility index (Phi) is 5.74. The lowest BCUT2D eigenvalue weighted by Gasteiger charge is -2.13. The molecule has 0 bridgehead atoms. The molecule has 0 saturated heterocycles. The molecule has 1 atom stereocenters. The predicted molar refractivity (Wildman–Crippen MR) is 89.8 cm³/mol. The molecule has 25 heavy (non-hydrogen) atoms. The maximum Gasteiger partial charge on any atom is 0.416 e. The Morgan fingerprint density at radius 3 is 2.56 bits per heavy atom. The van der Waals surface area contributed by atoms with Crippen molar-refractivity contribution in [3.63, 3.8) is 0 Å². The molecule has 1 unspecified atom stereocenters. The molecule has 0 amide bonds. The number of thioether (sulfide) groups is 1. The first-order valence-electron chi connectivity index (χ1n) is 7.21. The highest BCUT2D eigenvalue weighted by atomic mass is 32.2. The molecule has 1 aromatic carbocycles. The molecule has 2 rings (SSSR count). The van der Waals surface area contributed by atoms with E-state index in [9.17, 15) is 22.8 Å². The number of hydrogen-bond acceptors (Lipinski definition) is 5. The van der Waals surface area contributed by atoms with E-state index >= 15 is 0 Å². The number of likely N-dealkylation sites (N-methyl/N-ethyl adjacent to an activating group) is 1. The largest absolute Gasteiger partial charge is 0.466 e. The molecule has 4 nitrogen and oxygen atoms in total. The number of hydrogen-bond donors (Lipinski definition) is 1. The van der Waals surface area contributed by atoms with E-state index in [0.29, 0.717) is 5.57 Å². The SMILES string of the molecule is CNC1C(=CSC)C(=O)C(c2cccc(C(F)(F)F)c2)=C1C(=O)OC. The minimum atomic E-state index is -4.55. The molecule has 1 aliphatic rings. The highest BCUT2D eigenvalue weighted by Gasteiger charge is 2.41. The van der Waals surface area contributed by atoms with Crippen LogP contribution in [-0.4, -0.2) is 38.2 Å². The molecule has 134 valence electrons. The third kappa shape index (κ3) is 3.64. The fourth-order valence-electron chi connectivity index (χ4n) is 2.71. The lowest BCUT2D eigenvalue weighted by molar-refractivity contribution is -0.137. The molecule has 1 N–H and O–H groups in total. The van der Waals surface area contributed by atoms with Crippen molar-refractivity contribution in [2.45, 2.75) is 12.2 Å². The molecule has 0 saturated carbocycles. The number of rotatable bonds is 4. The zero-order chi connectivity index (χ0) is 18.8. The average Bonchev–Trinajstić information content (AvgIpc) is 2.86. The topological polar surface area (TPSA) is 55.4 Å². The number of carbonyl (C=O) groups excluding carboxylic acids is 2. The number of halogens is 3. The Morgan fingerprint density at radius 1 is 1.36 bits per heavy atom. The number of Topliss-reactive ketones (excluding diaryl/α,β-unsaturated/α-hetero) is 1. The van der Waals surface area contributed by atoms with E-state index in [1.54, 1.807) is 18.7 Å². The fraction of sp³-hybridized carbons (Fsp3) is 0.294. The molecule has 1 aromatic rings. The number of nitrogens with one attached hydrogen (secondary N) is 1. The minimum Gasteiger partial charge on any atom is -0.466 e. The smallest absolute Gasteiger partial charge is 0.416 e. The van der Waals surface area contributed by atoms with Gasteiger partial charge >= 0.3 is 12.1 Å². The molecule has 1 aliphatic carbocycles. The first-order chi connectivity index (χ1) is 11.8. The lowest BCUT2D eigenvalue weighted by atomic mass is 9.98. The monoisotopic (exact) mass is 371 g/mol. The Bertz CT molecular complexity index is 769. The fourth-order valence-corrected chi connectivity index (χ4v) is 3.21. The summed E-state index contributed by atoms with van der Waals surface area (Å²) in [7, 11) is 2.72. The molecule has 0 radical (unpaired) electrons. The maximum absolute atomic E-state index is 13.0. The third-order valence-corrected chi connectivity index (χ3v) is 4.27. The van der Waals surface area contributed by atoms with Gasteiger partial charge in [0, 0.05) is 11.1 Å². The molecule has 0 aliphatic heterocycles. The van der Waals surface area contributed by atoms with Crippen LogP contribution in [0.3, 0.4) is 0 Å². The van der Waals surface area contributed by atoms with Crippen molar-refractivity contribution in [1.29, 1.82) is 0 Å². The van der Waals surface area contributed by atoms with E-state index in [1.165, 1.54) is 23.9 Å². The highest BCUT2D eigenvalue weighted by Crippen LogP contribution is 2.38. The van der Waals surface area contributed by atoms with Crippen LogP contribution in [0, 0.1) is 0 Å². The number of ether oxygens (including phenoxy) is 1. The molecule has 0 spiro atoms. The van der Waals surface area contributed by atoms with Crippen LogP contribution >= 0.6 is 11.8 Å². The Balaban J connectivity index is 2.71. The van der Waals surface area contributed by atoms with Crippen LogP contribution < -0.4 is 5.32 Å². The summed E-state index contributed by atoms with van der Waals surface area (Å²) in [6.45, 7) is 0. The van der Waals surface area contributed by atoms with E-state index < -0.39 is 29.5 Å². The standard InChI is InChI=1S/C17H16F3NO3S/c1-21-14-11(8-25-3)15(22)12(13(14)16(23)24-2)9-5-4-6-10(7-9)17(18,19)20/h4-8,14,21H,1-3H3. The second kappa shape index (κ2) is 7.45. The number of carbonyl (C=O) groups is 2. The number of benzene rings is 1. The third-order valence-electron chi connectivity index (χ3n) is 3.78. The summed E-state index contributed by atoms with van der Waals surface area (Å²) in [5.74, 6) is -1.25. The number of methoxy groups -OCH3 is 1. The summed E-state index contributed by atoms with van der Waals surface area (Å²) in [6, 6.07) is 3.62. The van der Waals surface area contributed by atoms with Gasteiger partial charge in [0.05, 0.1) is 24.3 Å². The zero-order valence-electron chi connectivity index (χ0n) is 13.7. The molecule has 0 heterocycles. The van der Waals surface area contributed by atoms with Crippen molar-refractivity contribution < 1.29 is 27.5 Å². The number of alkyl halides is 3. The summed E-state index contributed by atoms with van der Waals surface area (Å²) < 4.78 is 43.7. The van der Waals surface area contributed by atoms with Gasteiger partial charge in [0.15, 0.2) is 5.78 Å². The van der Waals surface area contributed by atoms with Crippen LogP contribution in [0.25, 0.3) is 5.57 Å². The summed E-state index contributed by atoms with van der Waals surface area (Å²) in [6.07, 6.45) is -2.81. The average molecular weight is 371 g/mol. The summed E-state index contributed by atoms with van der Waals surface area (Å²) in [5, 5.41) is 4.43. The Labute approximate surface area is 147 Å². The van der Waals surface area contributed by atoms with E-state index in [0.717, 1.165) is 19.2 Å². The first-order valence-corrected chi connectivity index (χ1v) is 8.50. The minimum absolute atomic E-state index is 0.00891. The Morgan fingerprint density at radius 2 is 2.04 bits per heavy atom. The number of esters is 1. The zero-order valence-corrected chi connectivity index (χ0v) is 14.5. The maximum atomic E-state index is 13.0. The van der Waals surface area contributed by atoms with Crippen molar-refractivity contribution >= 4 is 29.1 Å². The molecular weight excluding hydrogens is 355 g/mol. The molecule has 0 aromatic heterocycles. The van der Waals surface area contributed by atoms with Crippen LogP contribution in [0.4, 0.5) is 13.2 Å². The Hall–Kier alpha value is -2.06. The van der Waals surface area contributed by atoms with Gasteiger partial charge in [-0.25, -0.2) is 4.79 Å². The van der Waals surface area contributed by atoms with Crippen LogP contribution in [-0.2, 0) is 20.5 Å². The van der Waals surface area contributed by atoms with Gasteiger partial charge in [-0.3, -0.25) is 4.79 Å². The predicted octanol–water partition coefficient (Wildman–Crippen LogP) is 3.05. The second-order valence-electron chi connectivity index (χ2n) is 5.22. The molecule has 0 fully saturated rings. The summed E-state index contributed by atoms with van der Waals surface area (Å²) in [5.41, 5.74) is -0.627. The summed E-state index contributed by atoms with van der Waals surface area (Å²) >= 11 is 1.27. The van der Waals surface area contributed by atoms with Gasteiger partial charge in [0.2, 0.25) is 0 Å². The lowest BCUT2D eigenvalue weighted by Crippen LogP contribution is -2.31. The van der Waals surface area contributed by atoms with Gasteiger partial charge < -0.3 is 10.1 Å².